The van der Waals surface area contributed by atoms with Crippen LogP contribution in [-0.2, 0) is 6.42 Å². The molecule has 1 unspecified atom stereocenters. The second-order valence-electron chi connectivity index (χ2n) is 5.16. The van der Waals surface area contributed by atoms with Crippen molar-refractivity contribution >= 4 is 0 Å². The van der Waals surface area contributed by atoms with Crippen molar-refractivity contribution in [3.63, 3.8) is 0 Å². The molecule has 0 saturated heterocycles. The maximum absolute atomic E-state index is 13.5. The molecule has 0 aliphatic rings. The van der Waals surface area contributed by atoms with Crippen molar-refractivity contribution in [2.75, 3.05) is 6.54 Å². The van der Waals surface area contributed by atoms with E-state index in [0.29, 0.717) is 0 Å². The topological polar surface area (TPSA) is 12.0 Å². The van der Waals surface area contributed by atoms with Gasteiger partial charge in [-0.3, -0.25) is 0 Å². The molecule has 0 aliphatic carbocycles. The van der Waals surface area contributed by atoms with Gasteiger partial charge in [-0.2, -0.15) is 0 Å². The molecule has 0 heterocycles. The van der Waals surface area contributed by atoms with E-state index in [9.17, 15) is 8.78 Å². The van der Waals surface area contributed by atoms with Gasteiger partial charge in [-0.1, -0.05) is 44.2 Å². The Kier molecular flexibility index (Phi) is 5.45. The molecular formula is C18H21F2N. The van der Waals surface area contributed by atoms with E-state index >= 15 is 0 Å². The van der Waals surface area contributed by atoms with Crippen molar-refractivity contribution in [2.45, 2.75) is 32.7 Å². The van der Waals surface area contributed by atoms with E-state index in [1.165, 1.54) is 17.7 Å². The normalized spacial score (nSPS) is 12.4. The monoisotopic (exact) mass is 289 g/mol. The summed E-state index contributed by atoms with van der Waals surface area (Å²) in [6, 6.07) is 12.2. The fourth-order valence-corrected chi connectivity index (χ4v) is 2.35. The lowest BCUT2D eigenvalue weighted by molar-refractivity contribution is 0.503. The van der Waals surface area contributed by atoms with E-state index in [4.69, 9.17) is 0 Å². The minimum atomic E-state index is -0.811. The molecule has 2 aromatic carbocycles. The zero-order chi connectivity index (χ0) is 15.2. The molecule has 1 nitrogen and oxygen atoms in total. The number of hydrogen-bond acceptors (Lipinski definition) is 1. The molecule has 0 aliphatic heterocycles. The molecule has 21 heavy (non-hydrogen) atoms. The maximum Gasteiger partial charge on any atom is 0.159 e. The highest BCUT2D eigenvalue weighted by molar-refractivity contribution is 5.34. The molecule has 1 N–H and O–H groups in total. The minimum Gasteiger partial charge on any atom is -0.306 e. The first-order chi connectivity index (χ1) is 10.2. The Morgan fingerprint density at radius 1 is 0.905 bits per heavy atom. The lowest BCUT2D eigenvalue weighted by atomic mass is 9.97. The Labute approximate surface area is 125 Å². The predicted molar refractivity (Wildman–Crippen MR) is 82.3 cm³/mol. The quantitative estimate of drug-likeness (QED) is 0.818. The van der Waals surface area contributed by atoms with Crippen molar-refractivity contribution in [3.05, 3.63) is 70.8 Å². The van der Waals surface area contributed by atoms with Crippen LogP contribution in [0.5, 0.6) is 0 Å². The first kappa shape index (κ1) is 15.6. The molecule has 0 aromatic heterocycles. The molecule has 0 radical (unpaired) electrons. The molecule has 0 saturated carbocycles. The SMILES string of the molecule is CCCNC(c1ccc(CC)cc1)c1ccc(F)c(F)c1. The second-order valence-corrected chi connectivity index (χ2v) is 5.16. The number of rotatable bonds is 6. The van der Waals surface area contributed by atoms with Gasteiger partial charge in [0, 0.05) is 0 Å². The molecule has 0 spiro atoms. The van der Waals surface area contributed by atoms with Crippen LogP contribution in [-0.4, -0.2) is 6.54 Å². The third-order valence-corrected chi connectivity index (χ3v) is 3.60. The number of halogens is 2. The van der Waals surface area contributed by atoms with Gasteiger partial charge in [0.1, 0.15) is 0 Å². The van der Waals surface area contributed by atoms with Gasteiger partial charge in [0.2, 0.25) is 0 Å². The summed E-state index contributed by atoms with van der Waals surface area (Å²) < 4.78 is 26.6. The van der Waals surface area contributed by atoms with E-state index in [2.05, 4.69) is 31.3 Å². The molecule has 112 valence electrons. The molecule has 0 amide bonds. The van der Waals surface area contributed by atoms with Gasteiger partial charge in [0.05, 0.1) is 6.04 Å². The fraction of sp³-hybridized carbons (Fsp3) is 0.333. The average Bonchev–Trinajstić information content (AvgIpc) is 2.51. The van der Waals surface area contributed by atoms with Crippen LogP contribution in [0.3, 0.4) is 0 Å². The van der Waals surface area contributed by atoms with Gasteiger partial charge in [0.15, 0.2) is 11.6 Å². The van der Waals surface area contributed by atoms with Crippen molar-refractivity contribution in [2.24, 2.45) is 0 Å². The summed E-state index contributed by atoms with van der Waals surface area (Å²) in [5.41, 5.74) is 3.07. The Hall–Kier alpha value is -1.74. The van der Waals surface area contributed by atoms with Crippen LogP contribution in [0.25, 0.3) is 0 Å². The second kappa shape index (κ2) is 7.32. The first-order valence-corrected chi connectivity index (χ1v) is 7.42. The van der Waals surface area contributed by atoms with E-state index in [0.717, 1.165) is 30.5 Å². The predicted octanol–water partition coefficient (Wildman–Crippen LogP) is 4.62. The van der Waals surface area contributed by atoms with E-state index < -0.39 is 11.6 Å². The molecule has 2 aromatic rings. The van der Waals surface area contributed by atoms with Gasteiger partial charge < -0.3 is 5.32 Å². The van der Waals surface area contributed by atoms with Crippen molar-refractivity contribution in [1.29, 1.82) is 0 Å². The Bertz CT molecular complexity index is 578. The molecule has 1 atom stereocenters. The van der Waals surface area contributed by atoms with Gasteiger partial charge >= 0.3 is 0 Å². The number of nitrogens with one attached hydrogen (secondary N) is 1. The van der Waals surface area contributed by atoms with Crippen LogP contribution in [0.15, 0.2) is 42.5 Å². The third-order valence-electron chi connectivity index (χ3n) is 3.60. The molecule has 0 fully saturated rings. The summed E-state index contributed by atoms with van der Waals surface area (Å²) in [6.07, 6.45) is 1.96. The number of aryl methyl sites for hydroxylation is 1. The number of hydrogen-bond donors (Lipinski definition) is 1. The van der Waals surface area contributed by atoms with Gasteiger partial charge in [0.25, 0.3) is 0 Å². The summed E-state index contributed by atoms with van der Waals surface area (Å²) >= 11 is 0. The first-order valence-electron chi connectivity index (χ1n) is 7.42. The van der Waals surface area contributed by atoms with Crippen LogP contribution >= 0.6 is 0 Å². The number of benzene rings is 2. The molecule has 0 bridgehead atoms. The summed E-state index contributed by atoms with van der Waals surface area (Å²) in [7, 11) is 0. The highest BCUT2D eigenvalue weighted by atomic mass is 19.2. The molecule has 2 rings (SSSR count). The van der Waals surface area contributed by atoms with Crippen molar-refractivity contribution in [1.82, 2.24) is 5.32 Å². The Morgan fingerprint density at radius 3 is 2.14 bits per heavy atom. The van der Waals surface area contributed by atoms with Crippen LogP contribution in [0.2, 0.25) is 0 Å². The fourth-order valence-electron chi connectivity index (χ4n) is 2.35. The zero-order valence-electron chi connectivity index (χ0n) is 12.5. The summed E-state index contributed by atoms with van der Waals surface area (Å²) in [5.74, 6) is -1.62. The van der Waals surface area contributed by atoms with Crippen LogP contribution in [0, 0.1) is 11.6 Å². The van der Waals surface area contributed by atoms with Gasteiger partial charge in [-0.05, 0) is 48.2 Å². The van der Waals surface area contributed by atoms with Crippen molar-refractivity contribution < 1.29 is 8.78 Å². The van der Waals surface area contributed by atoms with E-state index in [-0.39, 0.29) is 6.04 Å². The Balaban J connectivity index is 2.33. The summed E-state index contributed by atoms with van der Waals surface area (Å²) in [5, 5.41) is 3.40. The lowest BCUT2D eigenvalue weighted by Gasteiger charge is -2.20. The summed E-state index contributed by atoms with van der Waals surface area (Å²) in [4.78, 5) is 0. The van der Waals surface area contributed by atoms with Crippen LogP contribution in [0.1, 0.15) is 43.0 Å². The minimum absolute atomic E-state index is 0.119. The third kappa shape index (κ3) is 3.88. The largest absolute Gasteiger partial charge is 0.306 e. The maximum atomic E-state index is 13.5. The van der Waals surface area contributed by atoms with Crippen LogP contribution in [0.4, 0.5) is 8.78 Å². The lowest BCUT2D eigenvalue weighted by Crippen LogP contribution is -2.23. The van der Waals surface area contributed by atoms with Crippen LogP contribution < -0.4 is 5.32 Å². The Morgan fingerprint density at radius 2 is 1.57 bits per heavy atom. The van der Waals surface area contributed by atoms with Gasteiger partial charge in [-0.15, -0.1) is 0 Å². The molecule has 3 heteroatoms. The van der Waals surface area contributed by atoms with Crippen molar-refractivity contribution in [3.8, 4) is 0 Å². The highest BCUT2D eigenvalue weighted by Gasteiger charge is 2.15. The molecular weight excluding hydrogens is 268 g/mol. The zero-order valence-corrected chi connectivity index (χ0v) is 12.5. The standard InChI is InChI=1S/C18H21F2N/c1-3-11-21-18(14-7-5-13(4-2)6-8-14)15-9-10-16(19)17(20)12-15/h5-10,12,18,21H,3-4,11H2,1-2H3. The average molecular weight is 289 g/mol. The van der Waals surface area contributed by atoms with Gasteiger partial charge in [-0.25, -0.2) is 8.78 Å². The summed E-state index contributed by atoms with van der Waals surface area (Å²) in [6.45, 7) is 5.01. The van der Waals surface area contributed by atoms with E-state index in [1.54, 1.807) is 6.07 Å². The smallest absolute Gasteiger partial charge is 0.159 e. The highest BCUT2D eigenvalue weighted by Crippen LogP contribution is 2.24. The van der Waals surface area contributed by atoms with E-state index in [1.807, 2.05) is 12.1 Å².